The Morgan fingerprint density at radius 3 is 2.83 bits per heavy atom. The summed E-state index contributed by atoms with van der Waals surface area (Å²) >= 11 is 0. The van der Waals surface area contributed by atoms with Gasteiger partial charge in [-0.05, 0) is 49.6 Å². The number of methoxy groups -OCH3 is 1. The first kappa shape index (κ1) is 16.0. The first-order valence-corrected chi connectivity index (χ1v) is 8.15. The van der Waals surface area contributed by atoms with Gasteiger partial charge in [0.05, 0.1) is 19.4 Å². The summed E-state index contributed by atoms with van der Waals surface area (Å²) in [5, 5.41) is 9.65. The van der Waals surface area contributed by atoms with E-state index in [2.05, 4.69) is 16.8 Å². The fourth-order valence-electron chi connectivity index (χ4n) is 3.28. The molecule has 0 aliphatic carbocycles. The van der Waals surface area contributed by atoms with Gasteiger partial charge < -0.3 is 14.3 Å². The molecule has 1 fully saturated rings. The summed E-state index contributed by atoms with van der Waals surface area (Å²) in [6.45, 7) is 4.12. The van der Waals surface area contributed by atoms with Crippen LogP contribution in [0.15, 0.2) is 34.9 Å². The van der Waals surface area contributed by atoms with Gasteiger partial charge in [0.1, 0.15) is 12.0 Å². The summed E-state index contributed by atoms with van der Waals surface area (Å²) in [7, 11) is 1.65. The normalized spacial score (nSPS) is 22.2. The van der Waals surface area contributed by atoms with Crippen molar-refractivity contribution in [3.63, 3.8) is 0 Å². The molecule has 23 heavy (non-hydrogen) atoms. The number of aliphatic hydroxyl groups is 1. The van der Waals surface area contributed by atoms with Gasteiger partial charge in [0.25, 0.3) is 0 Å². The second kappa shape index (κ2) is 7.15. The highest BCUT2D eigenvalue weighted by molar-refractivity contribution is 5.54. The zero-order valence-corrected chi connectivity index (χ0v) is 13.7. The summed E-state index contributed by atoms with van der Waals surface area (Å²) in [6, 6.07) is 7.88. The van der Waals surface area contributed by atoms with E-state index in [-0.39, 0.29) is 12.6 Å². The number of aliphatic hydroxyl groups excluding tert-OH is 1. The van der Waals surface area contributed by atoms with Crippen molar-refractivity contribution in [2.75, 3.05) is 20.3 Å². The predicted octanol–water partition coefficient (Wildman–Crippen LogP) is 2.94. The molecule has 2 unspecified atom stereocenters. The van der Waals surface area contributed by atoms with Crippen LogP contribution in [-0.4, -0.2) is 41.3 Å². The first-order valence-electron chi connectivity index (χ1n) is 8.15. The predicted molar refractivity (Wildman–Crippen MR) is 88.2 cm³/mol. The smallest absolute Gasteiger partial charge is 0.226 e. The summed E-state index contributed by atoms with van der Waals surface area (Å²) < 4.78 is 10.8. The second-order valence-electron chi connectivity index (χ2n) is 6.21. The number of rotatable bonds is 5. The summed E-state index contributed by atoms with van der Waals surface area (Å²) in [4.78, 5) is 6.90. The number of ether oxygens (including phenoxy) is 1. The number of hydrogen-bond donors (Lipinski definition) is 1. The van der Waals surface area contributed by atoms with Crippen molar-refractivity contribution in [1.82, 2.24) is 9.88 Å². The highest BCUT2D eigenvalue weighted by Crippen LogP contribution is 2.26. The maximum Gasteiger partial charge on any atom is 0.226 e. The molecule has 1 aromatic carbocycles. The van der Waals surface area contributed by atoms with E-state index < -0.39 is 0 Å². The van der Waals surface area contributed by atoms with Crippen LogP contribution >= 0.6 is 0 Å². The molecule has 2 aromatic rings. The highest BCUT2D eigenvalue weighted by atomic mass is 16.5. The third kappa shape index (κ3) is 3.57. The van der Waals surface area contributed by atoms with Crippen molar-refractivity contribution in [3.05, 3.63) is 36.2 Å². The minimum absolute atomic E-state index is 0.199. The van der Waals surface area contributed by atoms with Crippen LogP contribution in [0, 0.1) is 5.92 Å². The molecule has 3 rings (SSSR count). The first-order chi connectivity index (χ1) is 11.2. The zero-order valence-electron chi connectivity index (χ0n) is 13.7. The van der Waals surface area contributed by atoms with E-state index in [1.165, 1.54) is 12.8 Å². The average Bonchev–Trinajstić information content (AvgIpc) is 3.04. The van der Waals surface area contributed by atoms with Crippen molar-refractivity contribution in [2.45, 2.75) is 32.4 Å². The Bertz CT molecular complexity index is 623. The minimum Gasteiger partial charge on any atom is -0.497 e. The number of hydrogen-bond acceptors (Lipinski definition) is 5. The van der Waals surface area contributed by atoms with Gasteiger partial charge >= 0.3 is 0 Å². The largest absolute Gasteiger partial charge is 0.497 e. The lowest BCUT2D eigenvalue weighted by Crippen LogP contribution is -2.46. The number of nitrogens with zero attached hydrogens (tertiary/aromatic N) is 2. The Kier molecular flexibility index (Phi) is 4.98. The van der Waals surface area contributed by atoms with E-state index in [9.17, 15) is 5.11 Å². The van der Waals surface area contributed by atoms with E-state index >= 15 is 0 Å². The zero-order chi connectivity index (χ0) is 16.2. The SMILES string of the molecule is COc1ccc(-c2nc(CN3CCCC(C)C3CO)co2)cc1. The molecule has 2 atom stereocenters. The summed E-state index contributed by atoms with van der Waals surface area (Å²) in [5.41, 5.74) is 1.84. The van der Waals surface area contributed by atoms with Gasteiger partial charge in [-0.3, -0.25) is 4.90 Å². The molecule has 5 nitrogen and oxygen atoms in total. The topological polar surface area (TPSA) is 58.7 Å². The Morgan fingerprint density at radius 1 is 1.35 bits per heavy atom. The second-order valence-corrected chi connectivity index (χ2v) is 6.21. The number of aromatic nitrogens is 1. The average molecular weight is 316 g/mol. The van der Waals surface area contributed by atoms with Crippen LogP contribution in [-0.2, 0) is 6.54 Å². The molecule has 124 valence electrons. The fourth-order valence-corrected chi connectivity index (χ4v) is 3.28. The highest BCUT2D eigenvalue weighted by Gasteiger charge is 2.28. The van der Waals surface area contributed by atoms with Crippen LogP contribution in [0.3, 0.4) is 0 Å². The van der Waals surface area contributed by atoms with Gasteiger partial charge in [0, 0.05) is 18.2 Å². The summed E-state index contributed by atoms with van der Waals surface area (Å²) in [5.74, 6) is 1.95. The van der Waals surface area contributed by atoms with E-state index in [1.54, 1.807) is 13.4 Å². The molecular formula is C18H24N2O3. The number of piperidine rings is 1. The third-order valence-corrected chi connectivity index (χ3v) is 4.67. The molecule has 1 saturated heterocycles. The fraction of sp³-hybridized carbons (Fsp3) is 0.500. The van der Waals surface area contributed by atoms with Gasteiger partial charge in [0.2, 0.25) is 5.89 Å². The summed E-state index contributed by atoms with van der Waals surface area (Å²) in [6.07, 6.45) is 4.06. The van der Waals surface area contributed by atoms with Crippen LogP contribution in [0.25, 0.3) is 11.5 Å². The molecule has 0 bridgehead atoms. The number of likely N-dealkylation sites (tertiary alicyclic amines) is 1. The Labute approximate surface area is 136 Å². The van der Waals surface area contributed by atoms with Crippen molar-refractivity contribution >= 4 is 0 Å². The molecule has 1 N–H and O–H groups in total. The monoisotopic (exact) mass is 316 g/mol. The van der Waals surface area contributed by atoms with Gasteiger partial charge in [-0.2, -0.15) is 0 Å². The van der Waals surface area contributed by atoms with Crippen LogP contribution in [0.2, 0.25) is 0 Å². The van der Waals surface area contributed by atoms with Gasteiger partial charge in [-0.15, -0.1) is 0 Å². The van der Waals surface area contributed by atoms with Crippen LogP contribution in [0.4, 0.5) is 0 Å². The van der Waals surface area contributed by atoms with Gasteiger partial charge in [-0.1, -0.05) is 6.92 Å². The van der Waals surface area contributed by atoms with Crippen molar-refractivity contribution < 1.29 is 14.3 Å². The Hall–Kier alpha value is -1.85. The molecule has 2 heterocycles. The molecule has 0 spiro atoms. The number of benzene rings is 1. The lowest BCUT2D eigenvalue weighted by Gasteiger charge is -2.38. The number of oxazole rings is 1. The van der Waals surface area contributed by atoms with Crippen LogP contribution in [0.5, 0.6) is 5.75 Å². The standard InChI is InChI=1S/C18H24N2O3/c1-13-4-3-9-20(17(13)11-21)10-15-12-23-18(19-15)14-5-7-16(22-2)8-6-14/h5-8,12-13,17,21H,3-4,9-11H2,1-2H3. The maximum atomic E-state index is 9.65. The molecule has 1 aromatic heterocycles. The Morgan fingerprint density at radius 2 is 2.13 bits per heavy atom. The van der Waals surface area contributed by atoms with E-state index in [4.69, 9.17) is 9.15 Å². The van der Waals surface area contributed by atoms with Crippen LogP contribution in [0.1, 0.15) is 25.5 Å². The molecule has 0 amide bonds. The molecular weight excluding hydrogens is 292 g/mol. The Balaban J connectivity index is 1.71. The lowest BCUT2D eigenvalue weighted by molar-refractivity contribution is 0.0463. The minimum atomic E-state index is 0.199. The molecule has 0 radical (unpaired) electrons. The van der Waals surface area contributed by atoms with Crippen LogP contribution < -0.4 is 4.74 Å². The van der Waals surface area contributed by atoms with Gasteiger partial charge in [-0.25, -0.2) is 4.98 Å². The molecule has 1 aliphatic rings. The molecule has 0 saturated carbocycles. The third-order valence-electron chi connectivity index (χ3n) is 4.67. The van der Waals surface area contributed by atoms with Crippen molar-refractivity contribution in [2.24, 2.45) is 5.92 Å². The van der Waals surface area contributed by atoms with Crippen molar-refractivity contribution in [1.29, 1.82) is 0 Å². The lowest BCUT2D eigenvalue weighted by atomic mass is 9.91. The molecule has 5 heteroatoms. The van der Waals surface area contributed by atoms with E-state index in [0.717, 1.165) is 30.1 Å². The van der Waals surface area contributed by atoms with E-state index in [0.29, 0.717) is 11.8 Å². The quantitative estimate of drug-likeness (QED) is 0.919. The molecule has 1 aliphatic heterocycles. The van der Waals surface area contributed by atoms with Gasteiger partial charge in [0.15, 0.2) is 0 Å². The van der Waals surface area contributed by atoms with E-state index in [1.807, 2.05) is 24.3 Å². The maximum absolute atomic E-state index is 9.65. The van der Waals surface area contributed by atoms with Crippen molar-refractivity contribution in [3.8, 4) is 17.2 Å².